The number of nitrogens with zero attached hydrogens (tertiary/aromatic N) is 2. The summed E-state index contributed by atoms with van der Waals surface area (Å²) in [5, 5.41) is 4.09. The lowest BCUT2D eigenvalue weighted by Gasteiger charge is -2.24. The highest BCUT2D eigenvalue weighted by Gasteiger charge is 2.18. The van der Waals surface area contributed by atoms with Crippen LogP contribution >= 0.6 is 0 Å². The molecule has 1 aromatic rings. The molecule has 1 saturated carbocycles. The average molecular weight is 420 g/mol. The first kappa shape index (κ1) is 23.8. The molecule has 30 heavy (non-hydrogen) atoms. The summed E-state index contributed by atoms with van der Waals surface area (Å²) in [4.78, 5) is 16.7. The van der Waals surface area contributed by atoms with Gasteiger partial charge in [0.05, 0.1) is 35.4 Å². The molecule has 1 aromatic heterocycles. The molecular formula is C22H37N5O3. The van der Waals surface area contributed by atoms with Gasteiger partial charge in [-0.2, -0.15) is 0 Å². The first-order chi connectivity index (χ1) is 14.2. The summed E-state index contributed by atoms with van der Waals surface area (Å²) in [5.74, 6) is 6.97. The van der Waals surface area contributed by atoms with Crippen LogP contribution < -0.4 is 21.6 Å². The number of amides is 1. The minimum absolute atomic E-state index is 0.129. The predicted molar refractivity (Wildman–Crippen MR) is 118 cm³/mol. The zero-order valence-electron chi connectivity index (χ0n) is 18.9. The van der Waals surface area contributed by atoms with Crippen molar-refractivity contribution in [2.24, 2.45) is 17.5 Å². The third-order valence-corrected chi connectivity index (χ3v) is 5.53. The fourth-order valence-electron chi connectivity index (χ4n) is 3.25. The van der Waals surface area contributed by atoms with Crippen molar-refractivity contribution in [1.82, 2.24) is 15.3 Å². The number of carbonyl (C=O) groups excluding carboxylic acids is 1. The normalized spacial score (nSPS) is 16.6. The Morgan fingerprint density at radius 3 is 2.50 bits per heavy atom. The van der Waals surface area contributed by atoms with Crippen molar-refractivity contribution in [3.63, 3.8) is 0 Å². The van der Waals surface area contributed by atoms with Crippen LogP contribution in [0.5, 0.6) is 5.75 Å². The maximum absolute atomic E-state index is 12.0. The molecule has 1 atom stereocenters. The smallest absolute Gasteiger partial charge is 0.407 e. The largest absolute Gasteiger partial charge is 0.489 e. The van der Waals surface area contributed by atoms with E-state index in [2.05, 4.69) is 10.3 Å². The van der Waals surface area contributed by atoms with Crippen molar-refractivity contribution >= 4 is 11.8 Å². The maximum atomic E-state index is 12.0. The SMILES string of the molecule is Cc1nc(/C(N)=C(\CNC(=O)OC(C)C(C)C)N(C)N)ccc1OC1CCCCC1. The number of aryl methyl sites for hydroxylation is 1. The molecule has 1 aliphatic carbocycles. The molecule has 5 N–H and O–H groups in total. The highest BCUT2D eigenvalue weighted by atomic mass is 16.6. The van der Waals surface area contributed by atoms with E-state index in [0.717, 1.165) is 24.3 Å². The van der Waals surface area contributed by atoms with E-state index in [1.165, 1.54) is 24.3 Å². The fourth-order valence-corrected chi connectivity index (χ4v) is 3.25. The summed E-state index contributed by atoms with van der Waals surface area (Å²) in [6.45, 7) is 7.87. The van der Waals surface area contributed by atoms with Gasteiger partial charge >= 0.3 is 6.09 Å². The standard InChI is InChI=1S/C22H37N5O3/c1-14(2)16(4)29-22(28)25-13-19(27(5)24)21(23)18-11-12-20(15(3)26-18)30-17-9-7-6-8-10-17/h11-12,14,16-17H,6-10,13,23-24H2,1-5H3,(H,25,28)/b21-19-. The Labute approximate surface area is 180 Å². The molecule has 0 aromatic carbocycles. The first-order valence-corrected chi connectivity index (χ1v) is 10.7. The van der Waals surface area contributed by atoms with Crippen LogP contribution in [0.3, 0.4) is 0 Å². The number of nitrogens with two attached hydrogens (primary N) is 2. The summed E-state index contributed by atoms with van der Waals surface area (Å²) in [6, 6.07) is 3.72. The Morgan fingerprint density at radius 2 is 1.93 bits per heavy atom. The summed E-state index contributed by atoms with van der Waals surface area (Å²) in [7, 11) is 1.67. The van der Waals surface area contributed by atoms with Gasteiger partial charge < -0.3 is 25.5 Å². The Hall–Kier alpha value is -2.48. The highest BCUT2D eigenvalue weighted by Crippen LogP contribution is 2.26. The number of pyridine rings is 1. The Bertz CT molecular complexity index is 742. The van der Waals surface area contributed by atoms with E-state index in [-0.39, 0.29) is 24.7 Å². The second kappa shape index (κ2) is 11.1. The Kier molecular flexibility index (Phi) is 8.77. The zero-order valence-corrected chi connectivity index (χ0v) is 18.9. The number of aromatic nitrogens is 1. The van der Waals surface area contributed by atoms with Crippen molar-refractivity contribution in [1.29, 1.82) is 0 Å². The maximum Gasteiger partial charge on any atom is 0.407 e. The lowest BCUT2D eigenvalue weighted by atomic mass is 9.98. The Balaban J connectivity index is 2.09. The highest BCUT2D eigenvalue weighted by molar-refractivity contribution is 5.69. The molecule has 1 fully saturated rings. The summed E-state index contributed by atoms with van der Waals surface area (Å²) < 4.78 is 11.5. The van der Waals surface area contributed by atoms with Crippen LogP contribution in [0.15, 0.2) is 17.8 Å². The van der Waals surface area contributed by atoms with Gasteiger partial charge in [-0.25, -0.2) is 15.6 Å². The number of hydrogen-bond donors (Lipinski definition) is 3. The third kappa shape index (κ3) is 6.79. The molecule has 0 aliphatic heterocycles. The number of nitrogens with one attached hydrogen (secondary N) is 1. The molecule has 0 radical (unpaired) electrons. The van der Waals surface area contributed by atoms with Gasteiger partial charge in [-0.3, -0.25) is 0 Å². The lowest BCUT2D eigenvalue weighted by molar-refractivity contribution is 0.0824. The van der Waals surface area contributed by atoms with Gasteiger partial charge in [0, 0.05) is 7.05 Å². The number of hydrogen-bond acceptors (Lipinski definition) is 7. The molecule has 2 rings (SSSR count). The van der Waals surface area contributed by atoms with Crippen LogP contribution in [0, 0.1) is 12.8 Å². The van der Waals surface area contributed by atoms with Gasteiger partial charge in [-0.15, -0.1) is 0 Å². The van der Waals surface area contributed by atoms with E-state index in [9.17, 15) is 4.79 Å². The molecule has 8 heteroatoms. The van der Waals surface area contributed by atoms with Crippen molar-refractivity contribution in [2.45, 2.75) is 72.0 Å². The van der Waals surface area contributed by atoms with Gasteiger partial charge in [0.25, 0.3) is 0 Å². The topological polar surface area (TPSA) is 116 Å². The molecule has 8 nitrogen and oxygen atoms in total. The second-order valence-corrected chi connectivity index (χ2v) is 8.34. The van der Waals surface area contributed by atoms with Gasteiger partial charge in [0.1, 0.15) is 11.9 Å². The van der Waals surface area contributed by atoms with Crippen molar-refractivity contribution < 1.29 is 14.3 Å². The molecule has 1 heterocycles. The van der Waals surface area contributed by atoms with E-state index in [1.807, 2.05) is 39.8 Å². The first-order valence-electron chi connectivity index (χ1n) is 10.7. The van der Waals surface area contributed by atoms with Gasteiger partial charge in [-0.05, 0) is 57.6 Å². The molecule has 0 saturated heterocycles. The van der Waals surface area contributed by atoms with Crippen molar-refractivity contribution in [3.8, 4) is 5.75 Å². The summed E-state index contributed by atoms with van der Waals surface area (Å²) >= 11 is 0. The minimum atomic E-state index is -0.510. The number of likely N-dealkylation sites (N-methyl/N-ethyl adjacent to an activating group) is 1. The predicted octanol–water partition coefficient (Wildman–Crippen LogP) is 3.31. The summed E-state index contributed by atoms with van der Waals surface area (Å²) in [6.07, 6.45) is 5.43. The van der Waals surface area contributed by atoms with Crippen molar-refractivity contribution in [3.05, 3.63) is 29.2 Å². The number of carbonyl (C=O) groups is 1. The van der Waals surface area contributed by atoms with Crippen LogP contribution in [0.1, 0.15) is 64.3 Å². The number of hydrazine groups is 1. The van der Waals surface area contributed by atoms with Crippen LogP contribution in [-0.4, -0.2) is 41.9 Å². The van der Waals surface area contributed by atoms with Crippen LogP contribution in [0.25, 0.3) is 5.70 Å². The molecule has 0 spiro atoms. The molecule has 1 aliphatic rings. The van der Waals surface area contributed by atoms with E-state index < -0.39 is 6.09 Å². The molecule has 1 unspecified atom stereocenters. The molecular weight excluding hydrogens is 382 g/mol. The van der Waals surface area contributed by atoms with Gasteiger partial charge in [0.15, 0.2) is 0 Å². The van der Waals surface area contributed by atoms with Crippen LogP contribution in [0.4, 0.5) is 4.79 Å². The Morgan fingerprint density at radius 1 is 1.27 bits per heavy atom. The molecule has 1 amide bonds. The molecule has 168 valence electrons. The number of rotatable bonds is 8. The van der Waals surface area contributed by atoms with Crippen molar-refractivity contribution in [2.75, 3.05) is 13.6 Å². The average Bonchev–Trinajstić information content (AvgIpc) is 2.69. The monoisotopic (exact) mass is 419 g/mol. The third-order valence-electron chi connectivity index (χ3n) is 5.53. The summed E-state index contributed by atoms with van der Waals surface area (Å²) in [5.41, 5.74) is 8.63. The van der Waals surface area contributed by atoms with E-state index in [1.54, 1.807) is 7.05 Å². The minimum Gasteiger partial charge on any atom is -0.489 e. The van der Waals surface area contributed by atoms with E-state index >= 15 is 0 Å². The zero-order chi connectivity index (χ0) is 22.3. The van der Waals surface area contributed by atoms with E-state index in [0.29, 0.717) is 17.1 Å². The molecule has 0 bridgehead atoms. The fraction of sp³-hybridized carbons (Fsp3) is 0.636. The lowest BCUT2D eigenvalue weighted by Crippen LogP contribution is -2.38. The number of alkyl carbamates (subject to hydrolysis) is 1. The quantitative estimate of drug-likeness (QED) is 0.437. The van der Waals surface area contributed by atoms with Gasteiger partial charge in [-0.1, -0.05) is 20.3 Å². The van der Waals surface area contributed by atoms with Crippen LogP contribution in [0.2, 0.25) is 0 Å². The van der Waals surface area contributed by atoms with Gasteiger partial charge in [0.2, 0.25) is 0 Å². The van der Waals surface area contributed by atoms with E-state index in [4.69, 9.17) is 21.1 Å². The second-order valence-electron chi connectivity index (χ2n) is 8.34. The van der Waals surface area contributed by atoms with Crippen LogP contribution in [-0.2, 0) is 4.74 Å². The number of ether oxygens (including phenoxy) is 2.